The molecular formula is C18H20N2O3S. The summed E-state index contributed by atoms with van der Waals surface area (Å²) in [4.78, 5) is 12.0. The van der Waals surface area contributed by atoms with Gasteiger partial charge in [0.05, 0.1) is 12.3 Å². The summed E-state index contributed by atoms with van der Waals surface area (Å²) in [5.74, 6) is -0.215. The highest BCUT2D eigenvalue weighted by atomic mass is 32.2. The molecule has 1 amide bonds. The monoisotopic (exact) mass is 344 g/mol. The molecule has 0 aliphatic heterocycles. The van der Waals surface area contributed by atoms with E-state index in [4.69, 9.17) is 0 Å². The second-order valence-electron chi connectivity index (χ2n) is 5.47. The van der Waals surface area contributed by atoms with Crippen LogP contribution in [0.15, 0.2) is 60.7 Å². The van der Waals surface area contributed by atoms with Gasteiger partial charge in [-0.15, -0.1) is 0 Å². The predicted octanol–water partition coefficient (Wildman–Crippen LogP) is 2.95. The molecule has 24 heavy (non-hydrogen) atoms. The van der Waals surface area contributed by atoms with Crippen LogP contribution in [0.3, 0.4) is 0 Å². The molecule has 0 aliphatic rings. The Morgan fingerprint density at radius 2 is 1.79 bits per heavy atom. The fraction of sp³-hybridized carbons (Fsp3) is 0.167. The molecular weight excluding hydrogens is 324 g/mol. The van der Waals surface area contributed by atoms with Gasteiger partial charge < -0.3 is 5.32 Å². The molecule has 0 heterocycles. The standard InChI is InChI=1S/C18H20N2O3S/c1-14(16-9-6-10-17(13-16)20-24(2,22)23)19-18(21)12-11-15-7-4-3-5-8-15/h3-14,20H,1-2H3,(H,19,21)/b12-11+. The molecule has 6 heteroatoms. The summed E-state index contributed by atoms with van der Waals surface area (Å²) >= 11 is 0. The first-order chi connectivity index (χ1) is 11.3. The summed E-state index contributed by atoms with van der Waals surface area (Å²) < 4.78 is 25.0. The van der Waals surface area contributed by atoms with Gasteiger partial charge in [0.1, 0.15) is 0 Å². The van der Waals surface area contributed by atoms with Gasteiger partial charge in [-0.05, 0) is 36.3 Å². The van der Waals surface area contributed by atoms with Crippen LogP contribution < -0.4 is 10.0 Å². The summed E-state index contributed by atoms with van der Waals surface area (Å²) in [5, 5.41) is 2.85. The first-order valence-electron chi connectivity index (χ1n) is 7.45. The quantitative estimate of drug-likeness (QED) is 0.791. The van der Waals surface area contributed by atoms with E-state index in [1.54, 1.807) is 24.3 Å². The lowest BCUT2D eigenvalue weighted by Gasteiger charge is -2.14. The molecule has 1 unspecified atom stereocenters. The zero-order chi connectivity index (χ0) is 17.6. The third kappa shape index (κ3) is 5.89. The van der Waals surface area contributed by atoms with Gasteiger partial charge in [-0.25, -0.2) is 8.42 Å². The fourth-order valence-corrected chi connectivity index (χ4v) is 2.72. The van der Waals surface area contributed by atoms with Gasteiger partial charge in [0.15, 0.2) is 0 Å². The molecule has 0 fully saturated rings. The molecule has 1 atom stereocenters. The molecule has 0 bridgehead atoms. The van der Waals surface area contributed by atoms with Crippen molar-refractivity contribution in [3.05, 3.63) is 71.8 Å². The molecule has 0 aromatic heterocycles. The number of rotatable bonds is 6. The SMILES string of the molecule is CC(NC(=O)/C=C/c1ccccc1)c1cccc(NS(C)(=O)=O)c1. The maximum atomic E-state index is 12.0. The number of nitrogens with one attached hydrogen (secondary N) is 2. The van der Waals surface area contributed by atoms with Gasteiger partial charge in [-0.3, -0.25) is 9.52 Å². The van der Waals surface area contributed by atoms with E-state index in [-0.39, 0.29) is 11.9 Å². The van der Waals surface area contributed by atoms with Crippen molar-refractivity contribution >= 4 is 27.7 Å². The van der Waals surface area contributed by atoms with Crippen LogP contribution in [0.25, 0.3) is 6.08 Å². The van der Waals surface area contributed by atoms with Crippen LogP contribution >= 0.6 is 0 Å². The van der Waals surface area contributed by atoms with E-state index in [1.807, 2.05) is 43.3 Å². The maximum absolute atomic E-state index is 12.0. The molecule has 5 nitrogen and oxygen atoms in total. The number of hydrogen-bond acceptors (Lipinski definition) is 3. The molecule has 0 saturated carbocycles. The van der Waals surface area contributed by atoms with E-state index in [1.165, 1.54) is 6.08 Å². The van der Waals surface area contributed by atoms with Crippen molar-refractivity contribution in [1.29, 1.82) is 0 Å². The lowest BCUT2D eigenvalue weighted by Crippen LogP contribution is -2.24. The first kappa shape index (κ1) is 17.7. The van der Waals surface area contributed by atoms with Gasteiger partial charge in [-0.2, -0.15) is 0 Å². The lowest BCUT2D eigenvalue weighted by atomic mass is 10.1. The topological polar surface area (TPSA) is 75.3 Å². The van der Waals surface area contributed by atoms with E-state index in [0.29, 0.717) is 5.69 Å². The molecule has 2 rings (SSSR count). The van der Waals surface area contributed by atoms with Crippen molar-refractivity contribution < 1.29 is 13.2 Å². The number of sulfonamides is 1. The van der Waals surface area contributed by atoms with E-state index < -0.39 is 10.0 Å². The summed E-state index contributed by atoms with van der Waals surface area (Å²) in [5.41, 5.74) is 2.22. The van der Waals surface area contributed by atoms with Gasteiger partial charge in [-0.1, -0.05) is 42.5 Å². The van der Waals surface area contributed by atoms with E-state index in [2.05, 4.69) is 10.0 Å². The highest BCUT2D eigenvalue weighted by Gasteiger charge is 2.09. The van der Waals surface area contributed by atoms with Gasteiger partial charge in [0.25, 0.3) is 0 Å². The number of amides is 1. The number of anilines is 1. The van der Waals surface area contributed by atoms with Crippen LogP contribution in [0.1, 0.15) is 24.1 Å². The number of hydrogen-bond donors (Lipinski definition) is 2. The van der Waals surface area contributed by atoms with Crippen molar-refractivity contribution in [2.45, 2.75) is 13.0 Å². The molecule has 126 valence electrons. The van der Waals surface area contributed by atoms with Crippen molar-refractivity contribution in [2.75, 3.05) is 11.0 Å². The van der Waals surface area contributed by atoms with Crippen molar-refractivity contribution in [3.8, 4) is 0 Å². The lowest BCUT2D eigenvalue weighted by molar-refractivity contribution is -0.117. The maximum Gasteiger partial charge on any atom is 0.244 e. The third-order valence-electron chi connectivity index (χ3n) is 3.28. The largest absolute Gasteiger partial charge is 0.346 e. The zero-order valence-corrected chi connectivity index (χ0v) is 14.4. The Balaban J connectivity index is 2.01. The minimum Gasteiger partial charge on any atom is -0.346 e. The molecule has 2 aromatic carbocycles. The second-order valence-corrected chi connectivity index (χ2v) is 7.22. The van der Waals surface area contributed by atoms with Crippen LogP contribution in [0.2, 0.25) is 0 Å². The second kappa shape index (κ2) is 7.79. The minimum absolute atomic E-state index is 0.215. The Morgan fingerprint density at radius 3 is 2.46 bits per heavy atom. The summed E-state index contributed by atoms with van der Waals surface area (Å²) in [6, 6.07) is 16.2. The van der Waals surface area contributed by atoms with Crippen molar-refractivity contribution in [3.63, 3.8) is 0 Å². The van der Waals surface area contributed by atoms with Crippen LogP contribution in [0, 0.1) is 0 Å². The Hall–Kier alpha value is -2.60. The van der Waals surface area contributed by atoms with Crippen molar-refractivity contribution in [2.24, 2.45) is 0 Å². The molecule has 0 radical (unpaired) electrons. The molecule has 0 spiro atoms. The highest BCUT2D eigenvalue weighted by molar-refractivity contribution is 7.92. The third-order valence-corrected chi connectivity index (χ3v) is 3.88. The Kier molecular flexibility index (Phi) is 5.76. The van der Waals surface area contributed by atoms with E-state index in [0.717, 1.165) is 17.4 Å². The zero-order valence-electron chi connectivity index (χ0n) is 13.6. The molecule has 0 aliphatic carbocycles. The predicted molar refractivity (Wildman–Crippen MR) is 96.9 cm³/mol. The minimum atomic E-state index is -3.33. The normalized spacial score (nSPS) is 12.8. The van der Waals surface area contributed by atoms with Crippen molar-refractivity contribution in [1.82, 2.24) is 5.32 Å². The summed E-state index contributed by atoms with van der Waals surface area (Å²) in [6.07, 6.45) is 4.31. The number of carbonyl (C=O) groups is 1. The summed E-state index contributed by atoms with van der Waals surface area (Å²) in [6.45, 7) is 1.84. The highest BCUT2D eigenvalue weighted by Crippen LogP contribution is 2.18. The van der Waals surface area contributed by atoms with Crippen LogP contribution in [-0.4, -0.2) is 20.6 Å². The van der Waals surface area contributed by atoms with Gasteiger partial charge in [0.2, 0.25) is 15.9 Å². The fourth-order valence-electron chi connectivity index (χ4n) is 2.17. The first-order valence-corrected chi connectivity index (χ1v) is 9.34. The van der Waals surface area contributed by atoms with Crippen LogP contribution in [0.4, 0.5) is 5.69 Å². The average molecular weight is 344 g/mol. The molecule has 0 saturated heterocycles. The van der Waals surface area contributed by atoms with Gasteiger partial charge in [0, 0.05) is 11.8 Å². The van der Waals surface area contributed by atoms with Gasteiger partial charge >= 0.3 is 0 Å². The summed E-state index contributed by atoms with van der Waals surface area (Å²) in [7, 11) is -3.33. The number of benzene rings is 2. The van der Waals surface area contributed by atoms with E-state index >= 15 is 0 Å². The Labute approximate surface area is 142 Å². The number of carbonyl (C=O) groups excluding carboxylic acids is 1. The molecule has 2 N–H and O–H groups in total. The Morgan fingerprint density at radius 1 is 1.08 bits per heavy atom. The molecule has 2 aromatic rings. The average Bonchev–Trinajstić information content (AvgIpc) is 2.52. The smallest absolute Gasteiger partial charge is 0.244 e. The Bertz CT molecular complexity index is 830. The van der Waals surface area contributed by atoms with E-state index in [9.17, 15) is 13.2 Å². The van der Waals surface area contributed by atoms with Crippen LogP contribution in [-0.2, 0) is 14.8 Å². The van der Waals surface area contributed by atoms with Crippen LogP contribution in [0.5, 0.6) is 0 Å².